The summed E-state index contributed by atoms with van der Waals surface area (Å²) in [5, 5.41) is 3.25. The molecule has 0 aliphatic carbocycles. The van der Waals surface area contributed by atoms with Gasteiger partial charge in [0.15, 0.2) is 5.82 Å². The Bertz CT molecular complexity index is 498. The number of hydrogen-bond donors (Lipinski definition) is 2. The first kappa shape index (κ1) is 11.9. The fourth-order valence-corrected chi connectivity index (χ4v) is 1.77. The van der Waals surface area contributed by atoms with Crippen molar-refractivity contribution in [3.8, 4) is 0 Å². The molecule has 17 heavy (non-hydrogen) atoms. The first-order chi connectivity index (χ1) is 8.16. The van der Waals surface area contributed by atoms with Gasteiger partial charge in [0.2, 0.25) is 0 Å². The van der Waals surface area contributed by atoms with Crippen LogP contribution in [0.2, 0.25) is 0 Å². The van der Waals surface area contributed by atoms with Crippen LogP contribution >= 0.6 is 15.9 Å². The maximum atomic E-state index is 5.78. The first-order valence-electron chi connectivity index (χ1n) is 5.24. The molecule has 1 heterocycles. The van der Waals surface area contributed by atoms with Gasteiger partial charge in [0, 0.05) is 4.47 Å². The fraction of sp³-hybridized carbons (Fsp3) is 0.167. The molecular weight excluding hydrogens is 280 g/mol. The van der Waals surface area contributed by atoms with E-state index in [-0.39, 0.29) is 6.04 Å². The lowest BCUT2D eigenvalue weighted by atomic mass is 10.1. The Balaban J connectivity index is 2.14. The summed E-state index contributed by atoms with van der Waals surface area (Å²) in [6, 6.07) is 8.27. The maximum absolute atomic E-state index is 5.78. The minimum Gasteiger partial charge on any atom is -0.394 e. The maximum Gasteiger partial charge on any atom is 0.153 e. The van der Waals surface area contributed by atoms with Crippen molar-refractivity contribution in [3.63, 3.8) is 0 Å². The van der Waals surface area contributed by atoms with E-state index in [9.17, 15) is 0 Å². The van der Waals surface area contributed by atoms with Crippen LogP contribution in [0, 0.1) is 0 Å². The fourth-order valence-electron chi connectivity index (χ4n) is 1.50. The van der Waals surface area contributed by atoms with Crippen molar-refractivity contribution in [2.75, 3.05) is 11.1 Å². The average Bonchev–Trinajstić information content (AvgIpc) is 2.33. The number of nitrogens with zero attached hydrogens (tertiary/aromatic N) is 2. The Kier molecular flexibility index (Phi) is 3.58. The normalized spacial score (nSPS) is 12.1. The largest absolute Gasteiger partial charge is 0.394 e. The van der Waals surface area contributed by atoms with E-state index >= 15 is 0 Å². The van der Waals surface area contributed by atoms with Crippen LogP contribution in [0.15, 0.2) is 41.3 Å². The third kappa shape index (κ3) is 2.94. The predicted octanol–water partition coefficient (Wildman–Crippen LogP) is 2.99. The molecule has 1 atom stereocenters. The lowest BCUT2D eigenvalue weighted by Crippen LogP contribution is -2.09. The van der Waals surface area contributed by atoms with Crippen molar-refractivity contribution in [1.29, 1.82) is 0 Å². The molecule has 0 aliphatic heterocycles. The van der Waals surface area contributed by atoms with Gasteiger partial charge in [-0.15, -0.1) is 0 Å². The van der Waals surface area contributed by atoms with Crippen molar-refractivity contribution >= 4 is 27.4 Å². The van der Waals surface area contributed by atoms with E-state index in [4.69, 9.17) is 5.73 Å². The molecule has 0 saturated heterocycles. The zero-order valence-corrected chi connectivity index (χ0v) is 11.0. The highest BCUT2D eigenvalue weighted by molar-refractivity contribution is 9.10. The van der Waals surface area contributed by atoms with Gasteiger partial charge in [-0.2, -0.15) is 0 Å². The summed E-state index contributed by atoms with van der Waals surface area (Å²) >= 11 is 3.41. The lowest BCUT2D eigenvalue weighted by molar-refractivity contribution is 0.872. The van der Waals surface area contributed by atoms with E-state index in [2.05, 4.69) is 50.3 Å². The van der Waals surface area contributed by atoms with E-state index < -0.39 is 0 Å². The molecule has 88 valence electrons. The standard InChI is InChI=1S/C12H13BrN4/c1-8(9-2-4-10(13)5-3-9)17-12-11(14)6-15-7-16-12/h2-8H,14H2,1H3,(H,15,16,17). The third-order valence-electron chi connectivity index (χ3n) is 2.46. The van der Waals surface area contributed by atoms with Crippen LogP contribution in [0.1, 0.15) is 18.5 Å². The van der Waals surface area contributed by atoms with Gasteiger partial charge < -0.3 is 11.1 Å². The van der Waals surface area contributed by atoms with Crippen LogP contribution in [0.25, 0.3) is 0 Å². The molecule has 2 rings (SSSR count). The summed E-state index contributed by atoms with van der Waals surface area (Å²) < 4.78 is 1.06. The van der Waals surface area contributed by atoms with Gasteiger partial charge >= 0.3 is 0 Å². The molecule has 0 amide bonds. The number of rotatable bonds is 3. The quantitative estimate of drug-likeness (QED) is 0.913. The molecule has 2 aromatic rings. The molecule has 0 radical (unpaired) electrons. The Morgan fingerprint density at radius 3 is 2.65 bits per heavy atom. The highest BCUT2D eigenvalue weighted by Crippen LogP contribution is 2.22. The van der Waals surface area contributed by atoms with Crippen LogP contribution in [-0.4, -0.2) is 9.97 Å². The topological polar surface area (TPSA) is 63.8 Å². The summed E-state index contributed by atoms with van der Waals surface area (Å²) in [6.45, 7) is 2.06. The van der Waals surface area contributed by atoms with E-state index in [1.165, 1.54) is 11.9 Å². The van der Waals surface area contributed by atoms with Crippen molar-refractivity contribution in [3.05, 3.63) is 46.8 Å². The van der Waals surface area contributed by atoms with Gasteiger partial charge in [0.25, 0.3) is 0 Å². The molecule has 0 saturated carbocycles. The van der Waals surface area contributed by atoms with Gasteiger partial charge in [0.1, 0.15) is 6.33 Å². The van der Waals surface area contributed by atoms with Crippen molar-refractivity contribution in [1.82, 2.24) is 9.97 Å². The molecule has 0 bridgehead atoms. The van der Waals surface area contributed by atoms with Gasteiger partial charge in [-0.3, -0.25) is 0 Å². The molecule has 1 aromatic heterocycles. The van der Waals surface area contributed by atoms with Crippen molar-refractivity contribution in [2.45, 2.75) is 13.0 Å². The van der Waals surface area contributed by atoms with E-state index in [1.54, 1.807) is 6.20 Å². The summed E-state index contributed by atoms with van der Waals surface area (Å²) in [5.74, 6) is 0.662. The number of nitrogens with one attached hydrogen (secondary N) is 1. The summed E-state index contributed by atoms with van der Waals surface area (Å²) in [6.07, 6.45) is 3.07. The molecule has 0 fully saturated rings. The van der Waals surface area contributed by atoms with Gasteiger partial charge in [-0.05, 0) is 24.6 Å². The second kappa shape index (κ2) is 5.14. The van der Waals surface area contributed by atoms with Crippen LogP contribution in [-0.2, 0) is 0 Å². The number of nitrogens with two attached hydrogens (primary N) is 1. The third-order valence-corrected chi connectivity index (χ3v) is 2.99. The molecule has 1 aromatic carbocycles. The molecule has 0 spiro atoms. The SMILES string of the molecule is CC(Nc1ncncc1N)c1ccc(Br)cc1. The van der Waals surface area contributed by atoms with Crippen LogP contribution in [0.5, 0.6) is 0 Å². The van der Waals surface area contributed by atoms with E-state index in [0.29, 0.717) is 11.5 Å². The molecule has 4 nitrogen and oxygen atoms in total. The summed E-state index contributed by atoms with van der Waals surface area (Å²) in [7, 11) is 0. The number of halogens is 1. The summed E-state index contributed by atoms with van der Waals surface area (Å²) in [4.78, 5) is 7.96. The summed E-state index contributed by atoms with van der Waals surface area (Å²) in [5.41, 5.74) is 7.50. The zero-order chi connectivity index (χ0) is 12.3. The van der Waals surface area contributed by atoms with Gasteiger partial charge in [-0.25, -0.2) is 9.97 Å². The smallest absolute Gasteiger partial charge is 0.153 e. The number of benzene rings is 1. The monoisotopic (exact) mass is 292 g/mol. The Morgan fingerprint density at radius 2 is 2.00 bits per heavy atom. The van der Waals surface area contributed by atoms with Gasteiger partial charge in [-0.1, -0.05) is 28.1 Å². The van der Waals surface area contributed by atoms with Crippen molar-refractivity contribution < 1.29 is 0 Å². The molecule has 3 N–H and O–H groups in total. The molecule has 5 heteroatoms. The number of hydrogen-bond acceptors (Lipinski definition) is 4. The second-order valence-corrected chi connectivity index (χ2v) is 4.66. The molecule has 0 aliphatic rings. The highest BCUT2D eigenvalue weighted by Gasteiger charge is 2.07. The predicted molar refractivity (Wildman–Crippen MR) is 72.6 cm³/mol. The highest BCUT2D eigenvalue weighted by atomic mass is 79.9. The number of nitrogen functional groups attached to an aromatic ring is 1. The molecule has 1 unspecified atom stereocenters. The van der Waals surface area contributed by atoms with Crippen LogP contribution in [0.4, 0.5) is 11.5 Å². The second-order valence-electron chi connectivity index (χ2n) is 3.74. The number of anilines is 2. The van der Waals surface area contributed by atoms with Crippen LogP contribution in [0.3, 0.4) is 0 Å². The zero-order valence-electron chi connectivity index (χ0n) is 9.39. The van der Waals surface area contributed by atoms with E-state index in [0.717, 1.165) is 4.47 Å². The van der Waals surface area contributed by atoms with Crippen molar-refractivity contribution in [2.24, 2.45) is 0 Å². The Labute approximate surface area is 108 Å². The van der Waals surface area contributed by atoms with Crippen LogP contribution < -0.4 is 11.1 Å². The minimum atomic E-state index is 0.139. The molecular formula is C12H13BrN4. The minimum absolute atomic E-state index is 0.139. The Morgan fingerprint density at radius 1 is 1.29 bits per heavy atom. The van der Waals surface area contributed by atoms with E-state index in [1.807, 2.05) is 12.1 Å². The Hall–Kier alpha value is -1.62. The first-order valence-corrected chi connectivity index (χ1v) is 6.03. The van der Waals surface area contributed by atoms with Gasteiger partial charge in [0.05, 0.1) is 17.9 Å². The lowest BCUT2D eigenvalue weighted by Gasteiger charge is -2.15. The number of aromatic nitrogens is 2. The average molecular weight is 293 g/mol.